The summed E-state index contributed by atoms with van der Waals surface area (Å²) in [5, 5.41) is 40.0. The van der Waals surface area contributed by atoms with Crippen LogP contribution in [0.15, 0.2) is 48.6 Å². The zero-order valence-electron chi connectivity index (χ0n) is 34.4. The zero-order chi connectivity index (χ0) is 40.2. The molecule has 0 aromatic heterocycles. The number of allylic oxidation sites excluding steroid dienone is 8. The van der Waals surface area contributed by atoms with Gasteiger partial charge in [0, 0.05) is 12.8 Å². The van der Waals surface area contributed by atoms with Crippen LogP contribution in [0, 0.1) is 0 Å². The quantitative estimate of drug-likeness (QED) is 0.0279. The highest BCUT2D eigenvalue weighted by Crippen LogP contribution is 2.22. The lowest BCUT2D eigenvalue weighted by molar-refractivity contribution is -0.305. The topological polar surface area (TPSA) is 152 Å². The van der Waals surface area contributed by atoms with Crippen LogP contribution in [0.3, 0.4) is 0 Å². The molecule has 0 bridgehead atoms. The first-order valence-electron chi connectivity index (χ1n) is 21.7. The summed E-state index contributed by atoms with van der Waals surface area (Å²) in [6, 6.07) is 0. The minimum atomic E-state index is -1.61. The van der Waals surface area contributed by atoms with Crippen LogP contribution >= 0.6 is 0 Å². The van der Waals surface area contributed by atoms with Crippen molar-refractivity contribution < 1.29 is 49.0 Å². The van der Waals surface area contributed by atoms with Crippen molar-refractivity contribution >= 4 is 11.9 Å². The van der Waals surface area contributed by atoms with Gasteiger partial charge in [-0.15, -0.1) is 0 Å². The van der Waals surface area contributed by atoms with Gasteiger partial charge in [-0.1, -0.05) is 140 Å². The largest absolute Gasteiger partial charge is 0.462 e. The van der Waals surface area contributed by atoms with Gasteiger partial charge in [0.25, 0.3) is 0 Å². The lowest BCUT2D eigenvalue weighted by atomic mass is 9.99. The van der Waals surface area contributed by atoms with E-state index in [4.69, 9.17) is 18.9 Å². The summed E-state index contributed by atoms with van der Waals surface area (Å²) in [6.07, 6.45) is 34.2. The molecule has 1 rings (SSSR count). The van der Waals surface area contributed by atoms with E-state index in [1.807, 2.05) is 6.08 Å². The van der Waals surface area contributed by atoms with Gasteiger partial charge in [0.05, 0.1) is 13.2 Å². The second-order valence-electron chi connectivity index (χ2n) is 14.8. The van der Waals surface area contributed by atoms with Crippen molar-refractivity contribution in [3.8, 4) is 0 Å². The van der Waals surface area contributed by atoms with Crippen LogP contribution in [0.25, 0.3) is 0 Å². The van der Waals surface area contributed by atoms with Crippen LogP contribution < -0.4 is 0 Å². The summed E-state index contributed by atoms with van der Waals surface area (Å²) in [5.41, 5.74) is 0. The SMILES string of the molecule is CCCCC/C=C/C/C=C/C/C=C/CCCCC(=O)O[C@@H](COC(=O)CC/C=C/CCCCCCCCCCCCC)CO[C@H]1O[C@@H](CO)[C@@H](O)C(O)C1O. The van der Waals surface area contributed by atoms with E-state index < -0.39 is 55.4 Å². The fourth-order valence-electron chi connectivity index (χ4n) is 6.21. The number of hydrogen-bond donors (Lipinski definition) is 4. The fraction of sp³-hybridized carbons (Fsp3) is 0.778. The van der Waals surface area contributed by atoms with Gasteiger partial charge in [0.1, 0.15) is 31.0 Å². The number of ether oxygens (including phenoxy) is 4. The van der Waals surface area contributed by atoms with E-state index in [1.165, 1.54) is 83.5 Å². The van der Waals surface area contributed by atoms with Gasteiger partial charge >= 0.3 is 11.9 Å². The number of aliphatic hydroxyl groups is 4. The summed E-state index contributed by atoms with van der Waals surface area (Å²) in [4.78, 5) is 25.2. The maximum atomic E-state index is 12.7. The van der Waals surface area contributed by atoms with Crippen molar-refractivity contribution in [1.82, 2.24) is 0 Å². The first-order valence-corrected chi connectivity index (χ1v) is 21.7. The Balaban J connectivity index is 2.40. The van der Waals surface area contributed by atoms with E-state index in [9.17, 15) is 30.0 Å². The molecule has 0 radical (unpaired) electrons. The Bertz CT molecular complexity index is 1040. The molecule has 0 spiro atoms. The van der Waals surface area contributed by atoms with Crippen LogP contribution in [0.4, 0.5) is 0 Å². The van der Waals surface area contributed by atoms with Crippen molar-refractivity contribution in [3.63, 3.8) is 0 Å². The summed E-state index contributed by atoms with van der Waals surface area (Å²) in [5.74, 6) is -0.910. The van der Waals surface area contributed by atoms with E-state index >= 15 is 0 Å². The van der Waals surface area contributed by atoms with Crippen LogP contribution in [-0.2, 0) is 28.5 Å². The number of aliphatic hydroxyl groups excluding tert-OH is 4. The normalized spacial score (nSPS) is 21.0. The predicted molar refractivity (Wildman–Crippen MR) is 219 cm³/mol. The summed E-state index contributed by atoms with van der Waals surface area (Å²) >= 11 is 0. The Morgan fingerprint density at radius 3 is 1.65 bits per heavy atom. The molecule has 4 N–H and O–H groups in total. The molecule has 1 aliphatic heterocycles. The molecule has 1 fully saturated rings. The molecule has 55 heavy (non-hydrogen) atoms. The molecule has 318 valence electrons. The molecule has 6 atom stereocenters. The van der Waals surface area contributed by atoms with Crippen LogP contribution in [-0.4, -0.2) is 89.0 Å². The van der Waals surface area contributed by atoms with Gasteiger partial charge in [-0.2, -0.15) is 0 Å². The number of unbranched alkanes of at least 4 members (excludes halogenated alkanes) is 16. The van der Waals surface area contributed by atoms with E-state index in [0.717, 1.165) is 44.9 Å². The first-order chi connectivity index (χ1) is 26.8. The average Bonchev–Trinajstić information content (AvgIpc) is 3.18. The molecule has 0 aliphatic carbocycles. The number of esters is 2. The maximum absolute atomic E-state index is 12.7. The van der Waals surface area contributed by atoms with Crippen molar-refractivity contribution in [3.05, 3.63) is 48.6 Å². The molecule has 1 aliphatic rings. The van der Waals surface area contributed by atoms with Crippen molar-refractivity contribution in [2.75, 3.05) is 19.8 Å². The van der Waals surface area contributed by atoms with E-state index in [-0.39, 0.29) is 26.1 Å². The number of carbonyl (C=O) groups is 2. The predicted octanol–water partition coefficient (Wildman–Crippen LogP) is 8.88. The molecule has 0 amide bonds. The summed E-state index contributed by atoms with van der Waals surface area (Å²) in [6.45, 7) is 3.31. The third-order valence-electron chi connectivity index (χ3n) is 9.70. The second-order valence-corrected chi connectivity index (χ2v) is 14.8. The summed E-state index contributed by atoms with van der Waals surface area (Å²) < 4.78 is 22.0. The Morgan fingerprint density at radius 1 is 0.564 bits per heavy atom. The lowest BCUT2D eigenvalue weighted by Gasteiger charge is -2.39. The van der Waals surface area contributed by atoms with E-state index in [1.54, 1.807) is 0 Å². The summed E-state index contributed by atoms with van der Waals surface area (Å²) in [7, 11) is 0. The lowest BCUT2D eigenvalue weighted by Crippen LogP contribution is -2.59. The number of hydrogen-bond acceptors (Lipinski definition) is 10. The van der Waals surface area contributed by atoms with Crippen LogP contribution in [0.5, 0.6) is 0 Å². The van der Waals surface area contributed by atoms with Crippen LogP contribution in [0.2, 0.25) is 0 Å². The molecular formula is C45H78O10. The van der Waals surface area contributed by atoms with Gasteiger partial charge in [0.2, 0.25) is 0 Å². The molecule has 2 unspecified atom stereocenters. The first kappa shape index (κ1) is 50.7. The van der Waals surface area contributed by atoms with Crippen molar-refractivity contribution in [1.29, 1.82) is 0 Å². The standard InChI is InChI=1S/C45H78O10/c1-3-5-7-9-11-13-15-17-19-21-23-25-27-29-31-33-40(47)52-36-38(37-53-45-44(51)43(50)42(49)39(35-46)55-45)54-41(48)34-32-30-28-26-24-22-20-18-16-14-12-10-8-6-4-2/h12,14,18,20,24,26-27,29,38-39,42-46,49-51H,3-11,13,15-17,19,21-23,25,28,30-37H2,1-2H3/b14-12+,20-18+,26-24+,29-27+/t38-,39-,42+,43?,44?,45-/m0/s1. The highest BCUT2D eigenvalue weighted by molar-refractivity contribution is 5.70. The molecule has 0 aromatic carbocycles. The number of carbonyl (C=O) groups excluding carboxylic acids is 2. The monoisotopic (exact) mass is 779 g/mol. The Kier molecular flexibility index (Phi) is 33.2. The Hall–Kier alpha value is -2.34. The fourth-order valence-corrected chi connectivity index (χ4v) is 6.21. The molecule has 0 aromatic rings. The maximum Gasteiger partial charge on any atom is 0.306 e. The smallest absolute Gasteiger partial charge is 0.306 e. The van der Waals surface area contributed by atoms with Gasteiger partial charge in [-0.3, -0.25) is 9.59 Å². The minimum absolute atomic E-state index is 0.173. The van der Waals surface area contributed by atoms with Crippen molar-refractivity contribution in [2.45, 2.75) is 205 Å². The third kappa shape index (κ3) is 27.8. The van der Waals surface area contributed by atoms with Crippen molar-refractivity contribution in [2.24, 2.45) is 0 Å². The molecule has 1 heterocycles. The number of rotatable bonds is 35. The van der Waals surface area contributed by atoms with Gasteiger partial charge in [-0.25, -0.2) is 0 Å². The molecule has 0 saturated carbocycles. The third-order valence-corrected chi connectivity index (χ3v) is 9.70. The molecule has 1 saturated heterocycles. The highest BCUT2D eigenvalue weighted by atomic mass is 16.7. The highest BCUT2D eigenvalue weighted by Gasteiger charge is 2.44. The molecule has 10 nitrogen and oxygen atoms in total. The average molecular weight is 779 g/mol. The molecular weight excluding hydrogens is 700 g/mol. The molecule has 10 heteroatoms. The van der Waals surface area contributed by atoms with Gasteiger partial charge in [0.15, 0.2) is 12.4 Å². The van der Waals surface area contributed by atoms with Crippen LogP contribution in [0.1, 0.15) is 168 Å². The Morgan fingerprint density at radius 2 is 1.05 bits per heavy atom. The zero-order valence-corrected chi connectivity index (χ0v) is 34.4. The van der Waals surface area contributed by atoms with E-state index in [2.05, 4.69) is 56.4 Å². The second kappa shape index (κ2) is 36.0. The van der Waals surface area contributed by atoms with Gasteiger partial charge < -0.3 is 39.4 Å². The van der Waals surface area contributed by atoms with E-state index in [0.29, 0.717) is 12.8 Å². The Labute approximate surface area is 333 Å². The van der Waals surface area contributed by atoms with Gasteiger partial charge in [-0.05, 0) is 64.2 Å². The minimum Gasteiger partial charge on any atom is -0.462 e.